The molecule has 0 bridgehead atoms. The van der Waals surface area contributed by atoms with Crippen LogP contribution in [0.25, 0.3) is 11.4 Å². The lowest BCUT2D eigenvalue weighted by Gasteiger charge is -2.10. The van der Waals surface area contributed by atoms with Crippen LogP contribution in [0.15, 0.2) is 65.8 Å². The van der Waals surface area contributed by atoms with Gasteiger partial charge in [0.25, 0.3) is 0 Å². The Morgan fingerprint density at radius 1 is 1.07 bits per heavy atom. The zero-order valence-electron chi connectivity index (χ0n) is 15.9. The van der Waals surface area contributed by atoms with Crippen LogP contribution < -0.4 is 9.46 Å². The minimum Gasteiger partial charge on any atom is -0.493 e. The Balaban J connectivity index is 1.54. The SMILES string of the molecule is CC(C)COc1ccc(S(=O)(=O)NCCn2ccc(-c3ccccn3)n2)cc1. The third kappa shape index (κ3) is 5.40. The van der Waals surface area contributed by atoms with Crippen molar-refractivity contribution in [2.45, 2.75) is 25.3 Å². The molecule has 7 nitrogen and oxygen atoms in total. The second-order valence-corrected chi connectivity index (χ2v) is 8.52. The Bertz CT molecular complexity index is 984. The van der Waals surface area contributed by atoms with Crippen molar-refractivity contribution in [2.75, 3.05) is 13.2 Å². The van der Waals surface area contributed by atoms with Crippen molar-refractivity contribution in [1.29, 1.82) is 0 Å². The zero-order chi connectivity index (χ0) is 20.0. The van der Waals surface area contributed by atoms with Crippen LogP contribution in [0, 0.1) is 5.92 Å². The number of aromatic nitrogens is 3. The van der Waals surface area contributed by atoms with E-state index in [2.05, 4.69) is 28.7 Å². The fourth-order valence-corrected chi connectivity index (χ4v) is 3.51. The van der Waals surface area contributed by atoms with Gasteiger partial charge < -0.3 is 4.74 Å². The molecule has 1 aromatic carbocycles. The monoisotopic (exact) mass is 400 g/mol. The highest BCUT2D eigenvalue weighted by molar-refractivity contribution is 7.89. The van der Waals surface area contributed by atoms with Crippen molar-refractivity contribution >= 4 is 10.0 Å². The number of benzene rings is 1. The first-order chi connectivity index (χ1) is 13.4. The van der Waals surface area contributed by atoms with E-state index >= 15 is 0 Å². The Morgan fingerprint density at radius 2 is 1.86 bits per heavy atom. The molecular formula is C20H24N4O3S. The summed E-state index contributed by atoms with van der Waals surface area (Å²) in [5, 5.41) is 4.42. The first kappa shape index (κ1) is 20.0. The summed E-state index contributed by atoms with van der Waals surface area (Å²) < 4.78 is 34.7. The summed E-state index contributed by atoms with van der Waals surface area (Å²) in [5.41, 5.74) is 1.53. The lowest BCUT2D eigenvalue weighted by molar-refractivity contribution is 0.271. The van der Waals surface area contributed by atoms with Gasteiger partial charge in [-0.25, -0.2) is 13.1 Å². The molecule has 0 saturated heterocycles. The molecule has 0 fully saturated rings. The van der Waals surface area contributed by atoms with Crippen molar-refractivity contribution in [2.24, 2.45) is 5.92 Å². The quantitative estimate of drug-likeness (QED) is 0.597. The lowest BCUT2D eigenvalue weighted by Crippen LogP contribution is -2.27. The molecule has 0 aliphatic heterocycles. The first-order valence-corrected chi connectivity index (χ1v) is 10.6. The molecule has 28 heavy (non-hydrogen) atoms. The Labute approximate surface area is 165 Å². The summed E-state index contributed by atoms with van der Waals surface area (Å²) in [4.78, 5) is 4.46. The summed E-state index contributed by atoms with van der Waals surface area (Å²) >= 11 is 0. The van der Waals surface area contributed by atoms with Crippen molar-refractivity contribution in [3.8, 4) is 17.1 Å². The molecule has 0 amide bonds. The smallest absolute Gasteiger partial charge is 0.240 e. The highest BCUT2D eigenvalue weighted by Crippen LogP contribution is 2.17. The van der Waals surface area contributed by atoms with E-state index in [1.165, 1.54) is 0 Å². The molecule has 0 aliphatic carbocycles. The van der Waals surface area contributed by atoms with E-state index < -0.39 is 10.0 Å². The van der Waals surface area contributed by atoms with E-state index in [1.54, 1.807) is 41.3 Å². The summed E-state index contributed by atoms with van der Waals surface area (Å²) in [5.74, 6) is 1.07. The van der Waals surface area contributed by atoms with Crippen molar-refractivity contribution in [3.63, 3.8) is 0 Å². The number of hydrogen-bond acceptors (Lipinski definition) is 5. The van der Waals surface area contributed by atoms with Crippen molar-refractivity contribution in [1.82, 2.24) is 19.5 Å². The lowest BCUT2D eigenvalue weighted by atomic mass is 10.2. The molecule has 0 atom stereocenters. The molecule has 148 valence electrons. The molecule has 8 heteroatoms. The van der Waals surface area contributed by atoms with E-state index in [-0.39, 0.29) is 11.4 Å². The fourth-order valence-electron chi connectivity index (χ4n) is 2.49. The number of nitrogens with zero attached hydrogens (tertiary/aromatic N) is 3. The number of pyridine rings is 1. The van der Waals surface area contributed by atoms with E-state index in [0.717, 1.165) is 11.4 Å². The van der Waals surface area contributed by atoms with Gasteiger partial charge in [0.15, 0.2) is 0 Å². The highest BCUT2D eigenvalue weighted by Gasteiger charge is 2.13. The van der Waals surface area contributed by atoms with E-state index in [9.17, 15) is 8.42 Å². The van der Waals surface area contributed by atoms with Gasteiger partial charge in [-0.3, -0.25) is 9.67 Å². The molecule has 3 aromatic rings. The van der Waals surface area contributed by atoms with Crippen LogP contribution in [0.3, 0.4) is 0 Å². The average Bonchev–Trinajstić information content (AvgIpc) is 3.16. The standard InChI is InChI=1S/C20H24N4O3S/c1-16(2)15-27-17-6-8-18(9-7-17)28(25,26)22-12-14-24-13-10-20(23-24)19-5-3-4-11-21-19/h3-11,13,16,22H,12,14-15H2,1-2H3. The minimum atomic E-state index is -3.58. The predicted octanol–water partition coefficient (Wildman–Crippen LogP) is 2.96. The zero-order valence-corrected chi connectivity index (χ0v) is 16.8. The molecule has 0 saturated carbocycles. The minimum absolute atomic E-state index is 0.207. The summed E-state index contributed by atoms with van der Waals surface area (Å²) in [6.45, 7) is 5.36. The number of hydrogen-bond donors (Lipinski definition) is 1. The third-order valence-electron chi connectivity index (χ3n) is 3.92. The van der Waals surface area contributed by atoms with E-state index in [4.69, 9.17) is 4.74 Å². The van der Waals surface area contributed by atoms with Crippen LogP contribution in [-0.2, 0) is 16.6 Å². The molecule has 0 aliphatic rings. The van der Waals surface area contributed by atoms with Gasteiger partial charge in [-0.1, -0.05) is 19.9 Å². The fraction of sp³-hybridized carbons (Fsp3) is 0.300. The molecule has 2 aromatic heterocycles. The van der Waals surface area contributed by atoms with Crippen LogP contribution in [-0.4, -0.2) is 36.3 Å². The Morgan fingerprint density at radius 3 is 2.54 bits per heavy atom. The maximum absolute atomic E-state index is 12.4. The van der Waals surface area contributed by atoms with Gasteiger partial charge in [-0.15, -0.1) is 0 Å². The molecule has 2 heterocycles. The largest absolute Gasteiger partial charge is 0.493 e. The van der Waals surface area contributed by atoms with E-state index in [1.807, 2.05) is 24.3 Å². The Kier molecular flexibility index (Phi) is 6.43. The molecule has 0 spiro atoms. The van der Waals surface area contributed by atoms with Gasteiger partial charge in [-0.05, 0) is 48.4 Å². The molecular weight excluding hydrogens is 376 g/mol. The average molecular weight is 401 g/mol. The topological polar surface area (TPSA) is 86.1 Å². The van der Waals surface area contributed by atoms with Gasteiger partial charge in [0.05, 0.1) is 23.7 Å². The van der Waals surface area contributed by atoms with E-state index in [0.29, 0.717) is 24.8 Å². The second kappa shape index (κ2) is 8.99. The number of nitrogens with one attached hydrogen (secondary N) is 1. The van der Waals surface area contributed by atoms with Crippen LogP contribution >= 0.6 is 0 Å². The van der Waals surface area contributed by atoms with Gasteiger partial charge >= 0.3 is 0 Å². The second-order valence-electron chi connectivity index (χ2n) is 6.75. The van der Waals surface area contributed by atoms with Crippen LogP contribution in [0.1, 0.15) is 13.8 Å². The normalized spacial score (nSPS) is 11.7. The van der Waals surface area contributed by atoms with Crippen LogP contribution in [0.2, 0.25) is 0 Å². The summed E-state index contributed by atoms with van der Waals surface area (Å²) in [6, 6.07) is 13.9. The van der Waals surface area contributed by atoms with Gasteiger partial charge in [-0.2, -0.15) is 5.10 Å². The number of sulfonamides is 1. The van der Waals surface area contributed by atoms with Crippen LogP contribution in [0.5, 0.6) is 5.75 Å². The maximum Gasteiger partial charge on any atom is 0.240 e. The van der Waals surface area contributed by atoms with Gasteiger partial charge in [0.1, 0.15) is 11.4 Å². The third-order valence-corrected chi connectivity index (χ3v) is 5.40. The number of rotatable bonds is 9. The van der Waals surface area contributed by atoms with Crippen LogP contribution in [0.4, 0.5) is 0 Å². The Hall–Kier alpha value is -2.71. The van der Waals surface area contributed by atoms with Gasteiger partial charge in [0, 0.05) is 18.9 Å². The molecule has 0 radical (unpaired) electrons. The van der Waals surface area contributed by atoms with Gasteiger partial charge in [0.2, 0.25) is 10.0 Å². The maximum atomic E-state index is 12.4. The predicted molar refractivity (Wildman–Crippen MR) is 107 cm³/mol. The summed E-state index contributed by atoms with van der Waals surface area (Å²) in [6.07, 6.45) is 3.51. The first-order valence-electron chi connectivity index (χ1n) is 9.11. The molecule has 0 unspecified atom stereocenters. The molecule has 1 N–H and O–H groups in total. The summed E-state index contributed by atoms with van der Waals surface area (Å²) in [7, 11) is -3.58. The van der Waals surface area contributed by atoms with Crippen molar-refractivity contribution < 1.29 is 13.2 Å². The van der Waals surface area contributed by atoms with Crippen molar-refractivity contribution in [3.05, 3.63) is 60.9 Å². The highest BCUT2D eigenvalue weighted by atomic mass is 32.2. The molecule has 3 rings (SSSR count). The number of ether oxygens (including phenoxy) is 1.